The second kappa shape index (κ2) is 5.14. The van der Waals surface area contributed by atoms with Crippen LogP contribution in [-0.2, 0) is 18.2 Å². The van der Waals surface area contributed by atoms with Crippen molar-refractivity contribution in [3.8, 4) is 0 Å². The molecule has 1 atom stereocenters. The van der Waals surface area contributed by atoms with Gasteiger partial charge in [-0.3, -0.25) is 9.67 Å². The van der Waals surface area contributed by atoms with Crippen LogP contribution in [0, 0.1) is 0 Å². The Morgan fingerprint density at radius 1 is 1.48 bits per heavy atom. The number of hydrogen-bond donors (Lipinski definition) is 1. The summed E-state index contributed by atoms with van der Waals surface area (Å²) < 4.78 is 6.42. The fourth-order valence-corrected chi connectivity index (χ4v) is 2.50. The molecular weight excluding hydrogens is 270 g/mol. The number of methoxy groups -OCH3 is 1. The van der Waals surface area contributed by atoms with Crippen LogP contribution in [0.25, 0.3) is 6.08 Å². The van der Waals surface area contributed by atoms with Crippen molar-refractivity contribution < 1.29 is 14.6 Å². The summed E-state index contributed by atoms with van der Waals surface area (Å²) in [6.07, 6.45) is 4.81. The standard InChI is InChI=1S/C15H15N3O3/c1-18-6-4-12(17-18)14(19)9-7-11-10(15(20)21-2)3-5-16-13(11)8-9/h3-6,8,14,19H,7H2,1-2H3. The zero-order valence-electron chi connectivity index (χ0n) is 11.8. The van der Waals surface area contributed by atoms with Gasteiger partial charge < -0.3 is 9.84 Å². The summed E-state index contributed by atoms with van der Waals surface area (Å²) >= 11 is 0. The average Bonchev–Trinajstić information content (AvgIpc) is 3.11. The number of pyridine rings is 1. The molecule has 1 aliphatic rings. The van der Waals surface area contributed by atoms with E-state index in [1.807, 2.05) is 0 Å². The molecule has 6 heteroatoms. The molecule has 0 aromatic carbocycles. The predicted molar refractivity (Wildman–Crippen MR) is 75.4 cm³/mol. The highest BCUT2D eigenvalue weighted by molar-refractivity contribution is 5.92. The maximum Gasteiger partial charge on any atom is 0.338 e. The van der Waals surface area contributed by atoms with E-state index >= 15 is 0 Å². The van der Waals surface area contributed by atoms with Crippen LogP contribution in [0.2, 0.25) is 0 Å². The zero-order valence-corrected chi connectivity index (χ0v) is 11.8. The van der Waals surface area contributed by atoms with Crippen molar-refractivity contribution in [1.29, 1.82) is 0 Å². The Kier molecular flexibility index (Phi) is 3.31. The fourth-order valence-electron chi connectivity index (χ4n) is 2.50. The molecule has 0 spiro atoms. The van der Waals surface area contributed by atoms with Crippen molar-refractivity contribution in [1.82, 2.24) is 14.8 Å². The third-order valence-corrected chi connectivity index (χ3v) is 3.56. The summed E-state index contributed by atoms with van der Waals surface area (Å²) in [5, 5.41) is 14.6. The molecule has 1 aliphatic carbocycles. The van der Waals surface area contributed by atoms with Crippen molar-refractivity contribution >= 4 is 12.0 Å². The highest BCUT2D eigenvalue weighted by atomic mass is 16.5. The Morgan fingerprint density at radius 3 is 2.95 bits per heavy atom. The van der Waals surface area contributed by atoms with Crippen LogP contribution >= 0.6 is 0 Å². The number of carbonyl (C=O) groups is 1. The molecule has 0 bridgehead atoms. The van der Waals surface area contributed by atoms with Gasteiger partial charge in [0.1, 0.15) is 6.10 Å². The van der Waals surface area contributed by atoms with Gasteiger partial charge in [-0.25, -0.2) is 4.79 Å². The predicted octanol–water partition coefficient (Wildman–Crippen LogP) is 1.27. The quantitative estimate of drug-likeness (QED) is 0.859. The molecule has 21 heavy (non-hydrogen) atoms. The molecule has 0 saturated carbocycles. The van der Waals surface area contributed by atoms with Gasteiger partial charge in [0, 0.05) is 19.4 Å². The topological polar surface area (TPSA) is 77.2 Å². The van der Waals surface area contributed by atoms with E-state index in [2.05, 4.69) is 10.1 Å². The lowest BCUT2D eigenvalue weighted by atomic mass is 10.0. The second-order valence-corrected chi connectivity index (χ2v) is 4.93. The molecule has 0 amide bonds. The number of rotatable bonds is 3. The zero-order chi connectivity index (χ0) is 15.0. The molecule has 0 fully saturated rings. The second-order valence-electron chi connectivity index (χ2n) is 4.93. The molecule has 1 unspecified atom stereocenters. The number of hydrogen-bond acceptors (Lipinski definition) is 5. The smallest absolute Gasteiger partial charge is 0.338 e. The van der Waals surface area contributed by atoms with Crippen molar-refractivity contribution in [2.75, 3.05) is 7.11 Å². The lowest BCUT2D eigenvalue weighted by molar-refractivity contribution is 0.0599. The van der Waals surface area contributed by atoms with E-state index in [1.165, 1.54) is 7.11 Å². The van der Waals surface area contributed by atoms with Crippen molar-refractivity contribution in [3.05, 3.63) is 52.6 Å². The van der Waals surface area contributed by atoms with Crippen LogP contribution in [-0.4, -0.2) is 33.0 Å². The van der Waals surface area contributed by atoms with E-state index in [4.69, 9.17) is 4.74 Å². The summed E-state index contributed by atoms with van der Waals surface area (Å²) in [5.41, 5.74) is 3.32. The highest BCUT2D eigenvalue weighted by Crippen LogP contribution is 2.33. The number of aryl methyl sites for hydroxylation is 1. The van der Waals surface area contributed by atoms with Gasteiger partial charge in [-0.2, -0.15) is 5.10 Å². The molecule has 0 aliphatic heterocycles. The van der Waals surface area contributed by atoms with E-state index in [-0.39, 0.29) is 0 Å². The monoisotopic (exact) mass is 285 g/mol. The Hall–Kier alpha value is -2.47. The molecule has 2 aromatic rings. The number of aliphatic hydroxyl groups excluding tert-OH is 1. The summed E-state index contributed by atoms with van der Waals surface area (Å²) in [7, 11) is 3.14. The number of nitrogens with zero attached hydrogens (tertiary/aromatic N) is 3. The lowest BCUT2D eigenvalue weighted by Gasteiger charge is -2.10. The summed E-state index contributed by atoms with van der Waals surface area (Å²) in [5.74, 6) is -0.393. The van der Waals surface area contributed by atoms with Crippen LogP contribution in [0.5, 0.6) is 0 Å². The van der Waals surface area contributed by atoms with Gasteiger partial charge in [0.05, 0.1) is 24.1 Å². The van der Waals surface area contributed by atoms with Crippen molar-refractivity contribution in [3.63, 3.8) is 0 Å². The van der Waals surface area contributed by atoms with Crippen LogP contribution in [0.3, 0.4) is 0 Å². The van der Waals surface area contributed by atoms with Gasteiger partial charge in [-0.1, -0.05) is 0 Å². The minimum Gasteiger partial charge on any atom is -0.465 e. The number of aliphatic hydroxyl groups is 1. The number of fused-ring (bicyclic) bond motifs is 1. The van der Waals surface area contributed by atoms with Gasteiger partial charge >= 0.3 is 5.97 Å². The Bertz CT molecular complexity index is 734. The van der Waals surface area contributed by atoms with Crippen LogP contribution < -0.4 is 0 Å². The number of ether oxygens (including phenoxy) is 1. The largest absolute Gasteiger partial charge is 0.465 e. The third kappa shape index (κ3) is 2.34. The average molecular weight is 285 g/mol. The maximum absolute atomic E-state index is 11.8. The SMILES string of the molecule is COC(=O)c1ccnc2c1CC(C(O)c1ccn(C)n1)=C2. The molecule has 6 nitrogen and oxygen atoms in total. The number of esters is 1. The minimum absolute atomic E-state index is 0.393. The van der Waals surface area contributed by atoms with Crippen molar-refractivity contribution in [2.24, 2.45) is 7.05 Å². The van der Waals surface area contributed by atoms with Gasteiger partial charge in [0.2, 0.25) is 0 Å². The summed E-state index contributed by atoms with van der Waals surface area (Å²) in [6, 6.07) is 3.40. The molecule has 0 saturated heterocycles. The summed E-state index contributed by atoms with van der Waals surface area (Å²) in [6.45, 7) is 0. The maximum atomic E-state index is 11.8. The molecule has 3 rings (SSSR count). The van der Waals surface area contributed by atoms with E-state index < -0.39 is 12.1 Å². The lowest BCUT2D eigenvalue weighted by Crippen LogP contribution is -2.08. The van der Waals surface area contributed by atoms with E-state index in [9.17, 15) is 9.90 Å². The molecule has 1 N–H and O–H groups in total. The van der Waals surface area contributed by atoms with Gasteiger partial charge in [0.25, 0.3) is 0 Å². The third-order valence-electron chi connectivity index (χ3n) is 3.56. The van der Waals surface area contributed by atoms with E-state index in [0.717, 1.165) is 11.1 Å². The Labute approximate surface area is 121 Å². The minimum atomic E-state index is -0.800. The first-order chi connectivity index (χ1) is 10.1. The van der Waals surface area contributed by atoms with Gasteiger partial charge in [0.15, 0.2) is 0 Å². The first kappa shape index (κ1) is 13.5. The number of aromatic nitrogens is 3. The number of carbonyl (C=O) groups excluding carboxylic acids is 1. The Morgan fingerprint density at radius 2 is 2.29 bits per heavy atom. The molecule has 2 aromatic heterocycles. The normalized spacial score (nSPS) is 14.5. The van der Waals surface area contributed by atoms with Crippen LogP contribution in [0.4, 0.5) is 0 Å². The molecule has 108 valence electrons. The van der Waals surface area contributed by atoms with E-state index in [1.54, 1.807) is 42.3 Å². The van der Waals surface area contributed by atoms with Gasteiger partial charge in [-0.05, 0) is 35.8 Å². The van der Waals surface area contributed by atoms with Crippen LogP contribution in [0.1, 0.15) is 33.4 Å². The van der Waals surface area contributed by atoms with E-state index in [0.29, 0.717) is 23.4 Å². The van der Waals surface area contributed by atoms with Gasteiger partial charge in [-0.15, -0.1) is 0 Å². The highest BCUT2D eigenvalue weighted by Gasteiger charge is 2.26. The Balaban J connectivity index is 1.91. The van der Waals surface area contributed by atoms with Crippen LogP contribution in [0.15, 0.2) is 30.1 Å². The first-order valence-corrected chi connectivity index (χ1v) is 6.54. The molecule has 0 radical (unpaired) electrons. The first-order valence-electron chi connectivity index (χ1n) is 6.54. The molecule has 2 heterocycles. The van der Waals surface area contributed by atoms with Crippen molar-refractivity contribution in [2.45, 2.75) is 12.5 Å². The molecular formula is C15H15N3O3. The summed E-state index contributed by atoms with van der Waals surface area (Å²) in [4.78, 5) is 16.0. The fraction of sp³-hybridized carbons (Fsp3) is 0.267.